The van der Waals surface area contributed by atoms with Crippen LogP contribution in [0.15, 0.2) is 60.7 Å². The topological polar surface area (TPSA) is 92.8 Å². The highest BCUT2D eigenvalue weighted by Crippen LogP contribution is 2.37. The number of hydrogen-bond donors (Lipinski definition) is 3. The first-order valence-electron chi connectivity index (χ1n) is 7.50. The first kappa shape index (κ1) is 15.8. The Morgan fingerprint density at radius 3 is 2.67 bits per heavy atom. The van der Waals surface area contributed by atoms with Gasteiger partial charge in [-0.1, -0.05) is 42.5 Å². The molecule has 0 aliphatic rings. The highest BCUT2D eigenvalue weighted by atomic mass is 16.5. The van der Waals surface area contributed by atoms with Gasteiger partial charge in [-0.3, -0.25) is 4.79 Å². The fourth-order valence-corrected chi connectivity index (χ4v) is 2.53. The van der Waals surface area contributed by atoms with Gasteiger partial charge in [-0.25, -0.2) is 0 Å². The summed E-state index contributed by atoms with van der Waals surface area (Å²) in [5.74, 6) is -0.126. The monoisotopic (exact) mass is 323 g/mol. The maximum absolute atomic E-state index is 10.9. The number of ether oxygens (including phenoxy) is 1. The molecule has 0 saturated heterocycles. The standard InChI is InChI=1S/C19H17NO4/c20-16(19(22)23)11-12-4-3-6-14(10-12)24-18-15-7-2-1-5-13(15)8-9-17(18)21/h1-10,16,21H,11,20H2,(H,22,23). The van der Waals surface area contributed by atoms with Crippen molar-refractivity contribution in [2.75, 3.05) is 0 Å². The Bertz CT molecular complexity index is 891. The zero-order valence-electron chi connectivity index (χ0n) is 12.8. The van der Waals surface area contributed by atoms with Crippen molar-refractivity contribution in [3.8, 4) is 17.2 Å². The number of hydrogen-bond acceptors (Lipinski definition) is 4. The lowest BCUT2D eigenvalue weighted by Crippen LogP contribution is -2.32. The summed E-state index contributed by atoms with van der Waals surface area (Å²) >= 11 is 0. The molecule has 0 amide bonds. The molecule has 0 aliphatic carbocycles. The minimum absolute atomic E-state index is 0.0429. The fourth-order valence-electron chi connectivity index (χ4n) is 2.53. The van der Waals surface area contributed by atoms with Gasteiger partial charge in [0, 0.05) is 5.39 Å². The largest absolute Gasteiger partial charge is 0.504 e. The third-order valence-corrected chi connectivity index (χ3v) is 3.75. The van der Waals surface area contributed by atoms with E-state index in [-0.39, 0.29) is 12.2 Å². The molecule has 0 saturated carbocycles. The molecule has 5 heteroatoms. The Morgan fingerprint density at radius 2 is 1.88 bits per heavy atom. The second-order valence-corrected chi connectivity index (χ2v) is 5.53. The molecule has 122 valence electrons. The van der Waals surface area contributed by atoms with Crippen LogP contribution in [0.3, 0.4) is 0 Å². The van der Waals surface area contributed by atoms with Crippen LogP contribution < -0.4 is 10.5 Å². The molecule has 1 unspecified atom stereocenters. The van der Waals surface area contributed by atoms with Gasteiger partial charge in [-0.15, -0.1) is 0 Å². The van der Waals surface area contributed by atoms with Crippen molar-refractivity contribution in [1.29, 1.82) is 0 Å². The van der Waals surface area contributed by atoms with Gasteiger partial charge in [0.2, 0.25) is 0 Å². The van der Waals surface area contributed by atoms with E-state index >= 15 is 0 Å². The maximum atomic E-state index is 10.9. The van der Waals surface area contributed by atoms with E-state index in [2.05, 4.69) is 0 Å². The van der Waals surface area contributed by atoms with Gasteiger partial charge >= 0.3 is 5.97 Å². The minimum Gasteiger partial charge on any atom is -0.504 e. The lowest BCUT2D eigenvalue weighted by Gasteiger charge is -2.12. The van der Waals surface area contributed by atoms with E-state index in [0.29, 0.717) is 11.5 Å². The van der Waals surface area contributed by atoms with Crippen LogP contribution in [0.1, 0.15) is 5.56 Å². The van der Waals surface area contributed by atoms with Crippen LogP contribution in [0.25, 0.3) is 10.8 Å². The molecule has 1 atom stereocenters. The number of nitrogens with two attached hydrogens (primary N) is 1. The Kier molecular flexibility index (Phi) is 4.35. The molecule has 0 bridgehead atoms. The number of carbonyl (C=O) groups is 1. The predicted molar refractivity (Wildman–Crippen MR) is 91.4 cm³/mol. The highest BCUT2D eigenvalue weighted by Gasteiger charge is 2.13. The number of phenols is 1. The number of carboxylic acid groups (broad SMARTS) is 1. The van der Waals surface area contributed by atoms with Crippen LogP contribution in [0.5, 0.6) is 17.2 Å². The zero-order valence-corrected chi connectivity index (χ0v) is 12.8. The molecule has 0 spiro atoms. The molecular weight excluding hydrogens is 306 g/mol. The van der Waals surface area contributed by atoms with Crippen molar-refractivity contribution in [3.05, 3.63) is 66.2 Å². The third kappa shape index (κ3) is 3.31. The van der Waals surface area contributed by atoms with E-state index in [1.165, 1.54) is 0 Å². The average molecular weight is 323 g/mol. The Labute approximate surface area is 138 Å². The summed E-state index contributed by atoms with van der Waals surface area (Å²) in [5.41, 5.74) is 6.32. The Hall–Kier alpha value is -3.05. The number of phenolic OH excluding ortho intramolecular Hbond substituents is 1. The molecule has 0 radical (unpaired) electrons. The molecule has 5 nitrogen and oxygen atoms in total. The molecule has 3 rings (SSSR count). The van der Waals surface area contributed by atoms with Crippen molar-refractivity contribution in [3.63, 3.8) is 0 Å². The SMILES string of the molecule is NC(Cc1cccc(Oc2c(O)ccc3ccccc23)c1)C(=O)O. The second-order valence-electron chi connectivity index (χ2n) is 5.53. The van der Waals surface area contributed by atoms with E-state index in [0.717, 1.165) is 16.3 Å². The molecule has 24 heavy (non-hydrogen) atoms. The predicted octanol–water partition coefficient (Wildman–Crippen LogP) is 3.29. The van der Waals surface area contributed by atoms with Gasteiger partial charge < -0.3 is 20.7 Å². The molecule has 0 heterocycles. The van der Waals surface area contributed by atoms with Gasteiger partial charge in [0.25, 0.3) is 0 Å². The number of aliphatic carboxylic acids is 1. The molecular formula is C19H17NO4. The molecule has 0 aliphatic heterocycles. The van der Waals surface area contributed by atoms with Gasteiger partial charge in [0.05, 0.1) is 0 Å². The summed E-state index contributed by atoms with van der Waals surface area (Å²) in [4.78, 5) is 10.9. The maximum Gasteiger partial charge on any atom is 0.320 e. The number of carboxylic acids is 1. The second kappa shape index (κ2) is 6.60. The molecule has 3 aromatic rings. The lowest BCUT2D eigenvalue weighted by molar-refractivity contribution is -0.138. The van der Waals surface area contributed by atoms with Crippen LogP contribution in [0.2, 0.25) is 0 Å². The van der Waals surface area contributed by atoms with Gasteiger partial charge in [-0.2, -0.15) is 0 Å². The molecule has 0 fully saturated rings. The number of rotatable bonds is 5. The van der Waals surface area contributed by atoms with Crippen molar-refractivity contribution >= 4 is 16.7 Å². The number of fused-ring (bicyclic) bond motifs is 1. The summed E-state index contributed by atoms with van der Waals surface area (Å²) in [5, 5.41) is 20.8. The van der Waals surface area contributed by atoms with Crippen molar-refractivity contribution < 1.29 is 19.7 Å². The van der Waals surface area contributed by atoms with Crippen LogP contribution in [-0.4, -0.2) is 22.2 Å². The Morgan fingerprint density at radius 1 is 1.08 bits per heavy atom. The summed E-state index contributed by atoms with van der Waals surface area (Å²) in [6.07, 6.45) is 0.202. The van der Waals surface area contributed by atoms with E-state index in [4.69, 9.17) is 15.6 Å². The normalized spacial score (nSPS) is 12.0. The third-order valence-electron chi connectivity index (χ3n) is 3.75. The summed E-state index contributed by atoms with van der Waals surface area (Å²) in [6, 6.07) is 17.1. The summed E-state index contributed by atoms with van der Waals surface area (Å²) < 4.78 is 5.87. The first-order chi connectivity index (χ1) is 11.5. The first-order valence-corrected chi connectivity index (χ1v) is 7.50. The lowest BCUT2D eigenvalue weighted by atomic mass is 10.1. The van der Waals surface area contributed by atoms with Gasteiger partial charge in [0.15, 0.2) is 11.5 Å². The summed E-state index contributed by atoms with van der Waals surface area (Å²) in [6.45, 7) is 0. The van der Waals surface area contributed by atoms with Gasteiger partial charge in [-0.05, 0) is 35.6 Å². The van der Waals surface area contributed by atoms with Crippen molar-refractivity contribution in [2.45, 2.75) is 12.5 Å². The van der Waals surface area contributed by atoms with E-state index < -0.39 is 12.0 Å². The van der Waals surface area contributed by atoms with Crippen LogP contribution >= 0.6 is 0 Å². The minimum atomic E-state index is -1.05. The fraction of sp³-hybridized carbons (Fsp3) is 0.105. The quantitative estimate of drug-likeness (QED) is 0.670. The van der Waals surface area contributed by atoms with Crippen molar-refractivity contribution in [2.24, 2.45) is 5.73 Å². The van der Waals surface area contributed by atoms with Gasteiger partial charge in [0.1, 0.15) is 11.8 Å². The van der Waals surface area contributed by atoms with Crippen molar-refractivity contribution in [1.82, 2.24) is 0 Å². The average Bonchev–Trinajstić information content (AvgIpc) is 2.58. The van der Waals surface area contributed by atoms with Crippen LogP contribution in [0.4, 0.5) is 0 Å². The highest BCUT2D eigenvalue weighted by molar-refractivity contribution is 5.90. The smallest absolute Gasteiger partial charge is 0.320 e. The molecule has 4 N–H and O–H groups in total. The van der Waals surface area contributed by atoms with Crippen LogP contribution in [-0.2, 0) is 11.2 Å². The van der Waals surface area contributed by atoms with Crippen LogP contribution in [0, 0.1) is 0 Å². The number of aromatic hydroxyl groups is 1. The number of benzene rings is 3. The molecule has 3 aromatic carbocycles. The Balaban J connectivity index is 1.92. The molecule has 0 aromatic heterocycles. The van der Waals surface area contributed by atoms with E-state index in [1.54, 1.807) is 30.3 Å². The van der Waals surface area contributed by atoms with E-state index in [9.17, 15) is 9.90 Å². The zero-order chi connectivity index (χ0) is 17.1. The van der Waals surface area contributed by atoms with E-state index in [1.807, 2.05) is 30.3 Å². The summed E-state index contributed by atoms with van der Waals surface area (Å²) in [7, 11) is 0.